The first-order valence-electron chi connectivity index (χ1n) is 4.64. The molecule has 0 fully saturated rings. The van der Waals surface area contributed by atoms with Gasteiger partial charge in [0.1, 0.15) is 18.2 Å². The Hall–Kier alpha value is -1.55. The molecule has 0 saturated carbocycles. The highest BCUT2D eigenvalue weighted by Gasteiger charge is 2.00. The summed E-state index contributed by atoms with van der Waals surface area (Å²) in [5.74, 6) is 1.44. The summed E-state index contributed by atoms with van der Waals surface area (Å²) in [5, 5.41) is 0. The largest absolute Gasteiger partial charge is 0.488 e. The van der Waals surface area contributed by atoms with Crippen molar-refractivity contribution in [3.8, 4) is 5.75 Å². The first kappa shape index (κ1) is 9.98. The lowest BCUT2D eigenvalue weighted by Crippen LogP contribution is -1.92. The van der Waals surface area contributed by atoms with Crippen molar-refractivity contribution in [2.75, 3.05) is 5.73 Å². The molecule has 0 atom stereocenters. The van der Waals surface area contributed by atoms with Crippen LogP contribution in [0.1, 0.15) is 10.4 Å². The third kappa shape index (κ3) is 2.70. The maximum absolute atomic E-state index is 5.60. The van der Waals surface area contributed by atoms with Gasteiger partial charge in [-0.1, -0.05) is 12.1 Å². The Bertz CT molecular complexity index is 453. The monoisotopic (exact) mass is 220 g/mol. The van der Waals surface area contributed by atoms with Gasteiger partial charge in [0.05, 0.1) is 4.88 Å². The number of nitrogen functional groups attached to an aromatic ring is 1. The molecule has 3 nitrogen and oxygen atoms in total. The summed E-state index contributed by atoms with van der Waals surface area (Å²) in [6, 6.07) is 9.80. The lowest BCUT2D eigenvalue weighted by atomic mass is 10.2. The molecule has 0 aliphatic rings. The van der Waals surface area contributed by atoms with Crippen molar-refractivity contribution in [1.82, 2.24) is 4.37 Å². The molecule has 15 heavy (non-hydrogen) atoms. The van der Waals surface area contributed by atoms with E-state index in [-0.39, 0.29) is 0 Å². The Morgan fingerprint density at radius 1 is 1.40 bits per heavy atom. The molecule has 2 N–H and O–H groups in total. The number of nitrogens with zero attached hydrogens (tertiary/aromatic N) is 1. The average Bonchev–Trinajstić information content (AvgIpc) is 2.62. The fourth-order valence-electron chi connectivity index (χ4n) is 1.26. The van der Waals surface area contributed by atoms with Crippen LogP contribution in [0.4, 0.5) is 5.82 Å². The zero-order valence-electron chi connectivity index (χ0n) is 8.43. The van der Waals surface area contributed by atoms with Crippen molar-refractivity contribution in [2.45, 2.75) is 13.5 Å². The normalized spacial score (nSPS) is 10.2. The number of hydrogen-bond acceptors (Lipinski definition) is 4. The maximum Gasteiger partial charge on any atom is 0.137 e. The molecule has 1 aromatic heterocycles. The Morgan fingerprint density at radius 3 is 2.93 bits per heavy atom. The van der Waals surface area contributed by atoms with Crippen LogP contribution in [-0.2, 0) is 6.61 Å². The number of aryl methyl sites for hydroxylation is 1. The van der Waals surface area contributed by atoms with Crippen LogP contribution >= 0.6 is 11.5 Å². The highest BCUT2D eigenvalue weighted by Crippen LogP contribution is 2.17. The van der Waals surface area contributed by atoms with Gasteiger partial charge in [0.25, 0.3) is 0 Å². The van der Waals surface area contributed by atoms with Crippen LogP contribution in [0.3, 0.4) is 0 Å². The molecule has 0 aliphatic carbocycles. The Labute approximate surface area is 92.7 Å². The summed E-state index contributed by atoms with van der Waals surface area (Å²) in [4.78, 5) is 1.04. The summed E-state index contributed by atoms with van der Waals surface area (Å²) in [5.41, 5.74) is 6.71. The first-order valence-corrected chi connectivity index (χ1v) is 5.42. The van der Waals surface area contributed by atoms with Gasteiger partial charge in [-0.15, -0.1) is 0 Å². The molecule has 2 aromatic rings. The zero-order chi connectivity index (χ0) is 10.7. The molecule has 0 amide bonds. The SMILES string of the molecule is Cc1cccc(OCc2cc(N)ns2)c1. The van der Waals surface area contributed by atoms with Gasteiger partial charge in [0, 0.05) is 0 Å². The predicted molar refractivity (Wildman–Crippen MR) is 62.0 cm³/mol. The fraction of sp³-hybridized carbons (Fsp3) is 0.182. The minimum atomic E-state index is 0.526. The van der Waals surface area contributed by atoms with Gasteiger partial charge in [-0.2, -0.15) is 4.37 Å². The summed E-state index contributed by atoms with van der Waals surface area (Å²) in [6.07, 6.45) is 0. The van der Waals surface area contributed by atoms with E-state index in [4.69, 9.17) is 10.5 Å². The van der Waals surface area contributed by atoms with Gasteiger partial charge in [0.2, 0.25) is 0 Å². The smallest absolute Gasteiger partial charge is 0.137 e. The van der Waals surface area contributed by atoms with Crippen molar-refractivity contribution in [2.24, 2.45) is 0 Å². The number of rotatable bonds is 3. The topological polar surface area (TPSA) is 48.1 Å². The molecule has 4 heteroatoms. The van der Waals surface area contributed by atoms with E-state index in [9.17, 15) is 0 Å². The van der Waals surface area contributed by atoms with E-state index in [1.54, 1.807) is 0 Å². The van der Waals surface area contributed by atoms with E-state index in [0.717, 1.165) is 10.6 Å². The molecule has 0 bridgehead atoms. The number of hydrogen-bond donors (Lipinski definition) is 1. The highest BCUT2D eigenvalue weighted by molar-refractivity contribution is 7.06. The third-order valence-corrected chi connectivity index (χ3v) is 2.72. The molecule has 0 aliphatic heterocycles. The van der Waals surface area contributed by atoms with Crippen molar-refractivity contribution in [1.29, 1.82) is 0 Å². The molecule has 1 heterocycles. The van der Waals surface area contributed by atoms with E-state index in [1.807, 2.05) is 37.3 Å². The number of nitrogens with two attached hydrogens (primary N) is 1. The van der Waals surface area contributed by atoms with E-state index >= 15 is 0 Å². The van der Waals surface area contributed by atoms with Crippen LogP contribution < -0.4 is 10.5 Å². The van der Waals surface area contributed by atoms with Crippen molar-refractivity contribution in [3.05, 3.63) is 40.8 Å². The lowest BCUT2D eigenvalue weighted by Gasteiger charge is -2.04. The van der Waals surface area contributed by atoms with Crippen LogP contribution in [0.15, 0.2) is 30.3 Å². The molecule has 0 saturated heterocycles. The van der Waals surface area contributed by atoms with Crippen LogP contribution in [-0.4, -0.2) is 4.37 Å². The predicted octanol–water partition coefficient (Wildman–Crippen LogP) is 2.61. The van der Waals surface area contributed by atoms with Gasteiger partial charge in [0.15, 0.2) is 0 Å². The van der Waals surface area contributed by atoms with Gasteiger partial charge < -0.3 is 10.5 Å². The van der Waals surface area contributed by atoms with Crippen molar-refractivity contribution < 1.29 is 4.74 Å². The number of aromatic nitrogens is 1. The molecular formula is C11H12N2OS. The number of benzene rings is 1. The average molecular weight is 220 g/mol. The minimum Gasteiger partial charge on any atom is -0.488 e. The van der Waals surface area contributed by atoms with Gasteiger partial charge in [-0.3, -0.25) is 0 Å². The molecule has 0 radical (unpaired) electrons. The van der Waals surface area contributed by atoms with Gasteiger partial charge in [-0.05, 0) is 42.2 Å². The number of ether oxygens (including phenoxy) is 1. The fourth-order valence-corrected chi connectivity index (χ4v) is 1.82. The molecule has 2 rings (SSSR count). The summed E-state index contributed by atoms with van der Waals surface area (Å²) in [6.45, 7) is 2.57. The summed E-state index contributed by atoms with van der Waals surface area (Å²) in [7, 11) is 0. The van der Waals surface area contributed by atoms with Crippen molar-refractivity contribution in [3.63, 3.8) is 0 Å². The van der Waals surface area contributed by atoms with E-state index < -0.39 is 0 Å². The lowest BCUT2D eigenvalue weighted by molar-refractivity contribution is 0.309. The molecule has 1 aromatic carbocycles. The molecule has 0 spiro atoms. The summed E-state index contributed by atoms with van der Waals surface area (Å²) < 4.78 is 9.59. The maximum atomic E-state index is 5.60. The zero-order valence-corrected chi connectivity index (χ0v) is 9.25. The Kier molecular flexibility index (Phi) is 2.87. The summed E-state index contributed by atoms with van der Waals surface area (Å²) >= 11 is 1.37. The third-order valence-electron chi connectivity index (χ3n) is 1.95. The van der Waals surface area contributed by atoms with Crippen molar-refractivity contribution >= 4 is 17.4 Å². The quantitative estimate of drug-likeness (QED) is 0.865. The Morgan fingerprint density at radius 2 is 2.27 bits per heavy atom. The second kappa shape index (κ2) is 4.31. The van der Waals surface area contributed by atoms with Crippen LogP contribution in [0.2, 0.25) is 0 Å². The second-order valence-corrected chi connectivity index (χ2v) is 4.21. The van der Waals surface area contributed by atoms with E-state index in [1.165, 1.54) is 17.1 Å². The van der Waals surface area contributed by atoms with E-state index in [0.29, 0.717) is 12.4 Å². The van der Waals surface area contributed by atoms with E-state index in [2.05, 4.69) is 4.37 Å². The van der Waals surface area contributed by atoms with Crippen LogP contribution in [0.5, 0.6) is 5.75 Å². The Balaban J connectivity index is 1.99. The van der Waals surface area contributed by atoms with Gasteiger partial charge >= 0.3 is 0 Å². The standard InChI is InChI=1S/C11H12N2OS/c1-8-3-2-4-9(5-8)14-7-10-6-11(12)13-15-10/h2-6H,7H2,1H3,(H2,12,13). The second-order valence-electron chi connectivity index (χ2n) is 3.32. The first-order chi connectivity index (χ1) is 7.24. The van der Waals surface area contributed by atoms with Crippen LogP contribution in [0, 0.1) is 6.92 Å². The highest BCUT2D eigenvalue weighted by atomic mass is 32.1. The molecular weight excluding hydrogens is 208 g/mol. The number of anilines is 1. The van der Waals surface area contributed by atoms with Gasteiger partial charge in [-0.25, -0.2) is 0 Å². The molecule has 0 unspecified atom stereocenters. The molecule has 78 valence electrons. The van der Waals surface area contributed by atoms with Crippen LogP contribution in [0.25, 0.3) is 0 Å². The minimum absolute atomic E-state index is 0.526.